The van der Waals surface area contributed by atoms with Crippen LogP contribution in [0.3, 0.4) is 0 Å². The van der Waals surface area contributed by atoms with Crippen LogP contribution in [0.25, 0.3) is 0 Å². The molecule has 30 heteroatoms. The lowest BCUT2D eigenvalue weighted by Gasteiger charge is -2.35. The van der Waals surface area contributed by atoms with Gasteiger partial charge >= 0.3 is 23.0 Å². The molecule has 1 heterocycles. The van der Waals surface area contributed by atoms with Gasteiger partial charge in [-0.2, -0.15) is 0 Å². The Morgan fingerprint density at radius 3 is 0.500 bits per heavy atom. The molecule has 0 fully saturated rings. The maximum atomic E-state index is 5.90. The van der Waals surface area contributed by atoms with Crippen LogP contribution in [0.4, 0.5) is 0 Å². The Morgan fingerprint density at radius 2 is 0.405 bits per heavy atom. The van der Waals surface area contributed by atoms with Crippen molar-refractivity contribution < 1.29 is 27.1 Å². The van der Waals surface area contributed by atoms with E-state index in [0.717, 1.165) is 0 Å². The number of rotatable bonds is 12. The lowest BCUT2D eigenvalue weighted by molar-refractivity contribution is 0.222. The molecule has 252 valence electrons. The van der Waals surface area contributed by atoms with Crippen molar-refractivity contribution in [3.05, 3.63) is 0 Å². The van der Waals surface area contributed by atoms with Crippen molar-refractivity contribution in [2.45, 2.75) is 22.8 Å². The van der Waals surface area contributed by atoms with Crippen molar-refractivity contribution in [2.24, 2.45) is 13.5 Å². The lowest BCUT2D eigenvalue weighted by Crippen LogP contribution is -2.20. The van der Waals surface area contributed by atoms with Crippen LogP contribution >= 0.6 is 232 Å². The predicted octanol–water partition coefficient (Wildman–Crippen LogP) is 14.2. The van der Waals surface area contributed by atoms with Gasteiger partial charge < -0.3 is 27.1 Å². The molecule has 0 spiro atoms. The summed E-state index contributed by atoms with van der Waals surface area (Å²) in [5, 5.41) is 0. The predicted molar refractivity (Wildman–Crippen MR) is 185 cm³/mol. The molecule has 0 saturated carbocycles. The molecule has 9 nitrogen and oxygen atoms in total. The molecule has 0 unspecified atom stereocenters. The van der Waals surface area contributed by atoms with E-state index in [4.69, 9.17) is 236 Å². The highest BCUT2D eigenvalue weighted by Gasteiger charge is 2.48. The smallest absolute Gasteiger partial charge is 0.302 e. The zero-order valence-corrected chi connectivity index (χ0v) is 35.5. The zero-order chi connectivity index (χ0) is 33.1. The number of hydrogen-bond acceptors (Lipinski definition) is 9. The average molecular weight is 1030 g/mol. The van der Waals surface area contributed by atoms with Gasteiger partial charge in [-0.25, -0.2) is 0 Å². The van der Waals surface area contributed by atoms with Gasteiger partial charge in [-0.15, -0.1) is 13.5 Å². The molecule has 0 aromatic rings. The van der Waals surface area contributed by atoms with E-state index in [9.17, 15) is 0 Å². The monoisotopic (exact) mass is 1020 g/mol. The molecule has 0 amide bonds. The van der Waals surface area contributed by atoms with Crippen molar-refractivity contribution in [1.29, 1.82) is 0 Å². The number of halogens is 18. The summed E-state index contributed by atoms with van der Waals surface area (Å²) in [5.74, 6) is 0. The Labute approximate surface area is 331 Å². The molecule has 1 rings (SSSR count). The second-order valence-electron chi connectivity index (χ2n) is 7.07. The Morgan fingerprint density at radius 1 is 0.286 bits per heavy atom. The SMILES string of the molecule is ClC(Cl)(Cl)COP1(OCC(Cl)(Cl)Cl)=NP(OCC(Cl)(Cl)Cl)(OCC(Cl)(Cl)Cl)=NP(OCC(Cl)(Cl)Cl)(OCC(Cl)(Cl)Cl)=N1. The second-order valence-corrected chi connectivity index (χ2v) is 28.8. The largest absolute Gasteiger partial charge is 0.349 e. The third-order valence-corrected chi connectivity index (χ3v) is 13.2. The van der Waals surface area contributed by atoms with E-state index >= 15 is 0 Å². The number of hydrogen-bond donors (Lipinski definition) is 0. The zero-order valence-electron chi connectivity index (χ0n) is 19.2. The third-order valence-electron chi connectivity index (χ3n) is 3.06. The van der Waals surface area contributed by atoms with Gasteiger partial charge in [0, 0.05) is 0 Å². The molecule has 0 atom stereocenters. The molecule has 0 radical (unpaired) electrons. The first-order chi connectivity index (χ1) is 18.4. The summed E-state index contributed by atoms with van der Waals surface area (Å²) in [6.45, 7) is -4.65. The fourth-order valence-corrected chi connectivity index (χ4v) is 13.9. The maximum Gasteiger partial charge on any atom is 0.349 e. The highest BCUT2D eigenvalue weighted by Crippen LogP contribution is 2.81. The topological polar surface area (TPSA) is 92.5 Å². The van der Waals surface area contributed by atoms with Crippen molar-refractivity contribution in [1.82, 2.24) is 0 Å². The van der Waals surface area contributed by atoms with E-state index in [1.165, 1.54) is 0 Å². The Bertz CT molecular complexity index is 861. The molecule has 0 aliphatic carbocycles. The van der Waals surface area contributed by atoms with E-state index in [2.05, 4.69) is 13.5 Å². The van der Waals surface area contributed by atoms with Crippen LogP contribution in [-0.4, -0.2) is 62.4 Å². The first-order valence-corrected chi connectivity index (χ1v) is 20.9. The van der Waals surface area contributed by atoms with Crippen molar-refractivity contribution in [3.63, 3.8) is 0 Å². The van der Waals surface area contributed by atoms with Crippen LogP contribution in [0, 0.1) is 0 Å². The molecule has 42 heavy (non-hydrogen) atoms. The third kappa shape index (κ3) is 21.1. The lowest BCUT2D eigenvalue weighted by atomic mass is 10.9. The summed E-state index contributed by atoms with van der Waals surface area (Å²) < 4.78 is 34.7. The molecule has 0 bridgehead atoms. The summed E-state index contributed by atoms with van der Waals surface area (Å²) in [6, 6.07) is 0. The highest BCUT2D eigenvalue weighted by molar-refractivity contribution is 7.78. The van der Waals surface area contributed by atoms with E-state index in [1.54, 1.807) is 0 Å². The molecular formula is C12H12Cl18N3O6P3. The second kappa shape index (κ2) is 17.5. The molecule has 0 aromatic heterocycles. The van der Waals surface area contributed by atoms with Gasteiger partial charge in [-0.3, -0.25) is 0 Å². The fraction of sp³-hybridized carbons (Fsp3) is 1.00. The summed E-state index contributed by atoms with van der Waals surface area (Å²) in [4.78, 5) is 0. The molecule has 0 aromatic carbocycles. The van der Waals surface area contributed by atoms with Gasteiger partial charge in [0.05, 0.1) is 0 Å². The van der Waals surface area contributed by atoms with Crippen LogP contribution in [0.1, 0.15) is 0 Å². The average Bonchev–Trinajstić information content (AvgIpc) is 2.74. The molecule has 0 saturated heterocycles. The Balaban J connectivity index is 4.20. The van der Waals surface area contributed by atoms with Crippen molar-refractivity contribution >= 4 is 232 Å². The van der Waals surface area contributed by atoms with Crippen LogP contribution in [0.15, 0.2) is 13.5 Å². The maximum absolute atomic E-state index is 5.90. The van der Waals surface area contributed by atoms with E-state index in [0.29, 0.717) is 0 Å². The summed E-state index contributed by atoms with van der Waals surface area (Å²) in [7, 11) is -13.3. The highest BCUT2D eigenvalue weighted by atomic mass is 35.6. The molecular weight excluding hydrogens is 1010 g/mol. The first-order valence-electron chi connectivity index (χ1n) is 9.55. The molecule has 0 N–H and O–H groups in total. The molecule has 1 aliphatic heterocycles. The van der Waals surface area contributed by atoms with Crippen LogP contribution < -0.4 is 0 Å². The quantitative estimate of drug-likeness (QED) is 0.143. The van der Waals surface area contributed by atoms with Crippen LogP contribution in [0.5, 0.6) is 0 Å². The van der Waals surface area contributed by atoms with E-state index < -0.39 is 85.4 Å². The van der Waals surface area contributed by atoms with Gasteiger partial charge in [0.1, 0.15) is 39.6 Å². The Kier molecular flexibility index (Phi) is 19.0. The minimum absolute atomic E-state index is 0.776. The van der Waals surface area contributed by atoms with Crippen molar-refractivity contribution in [3.8, 4) is 0 Å². The first kappa shape index (κ1) is 45.7. The minimum atomic E-state index is -4.42. The van der Waals surface area contributed by atoms with Gasteiger partial charge in [0.15, 0.2) is 0 Å². The van der Waals surface area contributed by atoms with Gasteiger partial charge in [0.2, 0.25) is 22.8 Å². The van der Waals surface area contributed by atoms with E-state index in [-0.39, 0.29) is 0 Å². The van der Waals surface area contributed by atoms with Gasteiger partial charge in [-0.05, 0) is 0 Å². The van der Waals surface area contributed by atoms with Gasteiger partial charge in [-0.1, -0.05) is 209 Å². The van der Waals surface area contributed by atoms with Crippen LogP contribution in [0.2, 0.25) is 0 Å². The van der Waals surface area contributed by atoms with Gasteiger partial charge in [0.25, 0.3) is 0 Å². The Hall–Kier alpha value is 5.67. The van der Waals surface area contributed by atoms with Crippen molar-refractivity contribution in [2.75, 3.05) is 39.6 Å². The summed E-state index contributed by atoms with van der Waals surface area (Å²) in [5.41, 5.74) is 0. The number of alkyl halides is 18. The summed E-state index contributed by atoms with van der Waals surface area (Å²) in [6.07, 6.45) is 0. The number of nitrogens with zero attached hydrogens (tertiary/aromatic N) is 3. The fourth-order valence-electron chi connectivity index (χ4n) is 1.85. The van der Waals surface area contributed by atoms with E-state index in [1.807, 2.05) is 0 Å². The minimum Gasteiger partial charge on any atom is -0.302 e. The molecule has 1 aliphatic rings. The summed E-state index contributed by atoms with van der Waals surface area (Å²) >= 11 is 106. The normalized spacial score (nSPS) is 19.6. The standard InChI is InChI=1S/C12H12Cl18N3O6P3/c13-7(14,15)1-34-40(35-2-8(16,17)18)31-41(36-3-9(19,20)21,37-4-10(22,23)24)33-42(32-40,38-5-11(25,26)27)39-6-12(28,29)30/h1-6H2. The van der Waals surface area contributed by atoms with Crippen LogP contribution in [-0.2, 0) is 27.1 Å².